The van der Waals surface area contributed by atoms with Crippen LogP contribution in [0.4, 0.5) is 0 Å². The average Bonchev–Trinajstić information content (AvgIpc) is 2.90. The Hall–Kier alpha value is -5.24. The van der Waals surface area contributed by atoms with Crippen molar-refractivity contribution in [3.8, 4) is 57.2 Å². The number of aromatic nitrogens is 3. The van der Waals surface area contributed by atoms with E-state index >= 15 is 0 Å². The summed E-state index contributed by atoms with van der Waals surface area (Å²) in [6.45, 7) is 1.75. The molecule has 0 radical (unpaired) electrons. The number of phenols is 2. The Labute approximate surface area is 212 Å². The van der Waals surface area contributed by atoms with Crippen molar-refractivity contribution in [1.29, 1.82) is 0 Å². The summed E-state index contributed by atoms with van der Waals surface area (Å²) in [5.74, 6) is 0.848. The minimum Gasteiger partial charge on any atom is -0.507 e. The van der Waals surface area contributed by atoms with Crippen LogP contribution in [-0.4, -0.2) is 31.1 Å². The van der Waals surface area contributed by atoms with Crippen molar-refractivity contribution >= 4 is 5.91 Å². The van der Waals surface area contributed by atoms with Crippen molar-refractivity contribution in [3.05, 3.63) is 102 Å². The van der Waals surface area contributed by atoms with Gasteiger partial charge in [0.2, 0.25) is 5.91 Å². The fraction of sp³-hybridized carbons (Fsp3) is 0.0345. The van der Waals surface area contributed by atoms with Gasteiger partial charge in [0, 0.05) is 5.56 Å². The highest BCUT2D eigenvalue weighted by Gasteiger charge is 2.21. The molecule has 4 N–H and O–H groups in total. The number of aromatic hydroxyl groups is 2. The molecule has 182 valence electrons. The molecule has 0 saturated carbocycles. The van der Waals surface area contributed by atoms with Crippen molar-refractivity contribution in [2.45, 2.75) is 6.92 Å². The number of para-hydroxylation sites is 3. The number of phenolic OH excluding ortho intramolecular Hbond substituents is 2. The molecule has 0 unspecified atom stereocenters. The van der Waals surface area contributed by atoms with Crippen LogP contribution in [-0.2, 0) is 0 Å². The molecule has 0 aliphatic rings. The van der Waals surface area contributed by atoms with E-state index in [0.29, 0.717) is 39.3 Å². The lowest BCUT2D eigenvalue weighted by Gasteiger charge is -2.15. The van der Waals surface area contributed by atoms with Gasteiger partial charge in [0.25, 0.3) is 0 Å². The molecule has 37 heavy (non-hydrogen) atoms. The molecule has 4 aromatic carbocycles. The smallest absolute Gasteiger partial charge is 0.249 e. The van der Waals surface area contributed by atoms with E-state index in [0.717, 1.165) is 0 Å². The summed E-state index contributed by atoms with van der Waals surface area (Å²) in [5, 5.41) is 21.0. The standard InChI is InChI=1S/C29H22N4O4/c1-17-15-22(25(16-21(17)26(30)36)37-18-9-3-2-4-10-18)29-32-27(19-11-5-7-13-23(19)34)31-28(33-29)20-12-6-8-14-24(20)35/h2-16,34-35H,1H3,(H2,30,36). The van der Waals surface area contributed by atoms with Gasteiger partial charge in [-0.05, 0) is 61.0 Å². The number of nitrogens with zero attached hydrogens (tertiary/aromatic N) is 3. The number of ether oxygens (including phenoxy) is 1. The first-order valence-corrected chi connectivity index (χ1v) is 11.4. The van der Waals surface area contributed by atoms with Crippen LogP contribution in [0.1, 0.15) is 15.9 Å². The van der Waals surface area contributed by atoms with E-state index in [2.05, 4.69) is 15.0 Å². The number of primary amides is 1. The Bertz CT molecular complexity index is 1560. The predicted octanol–water partition coefficient (Wildman–Crippen LogP) is 5.48. The summed E-state index contributed by atoms with van der Waals surface area (Å²) in [5.41, 5.74) is 7.76. The van der Waals surface area contributed by atoms with Gasteiger partial charge in [-0.15, -0.1) is 0 Å². The lowest BCUT2D eigenvalue weighted by molar-refractivity contribution is 0.0999. The third-order valence-electron chi connectivity index (χ3n) is 5.73. The predicted molar refractivity (Wildman–Crippen MR) is 139 cm³/mol. The van der Waals surface area contributed by atoms with E-state index in [1.807, 2.05) is 18.2 Å². The minimum atomic E-state index is -0.595. The van der Waals surface area contributed by atoms with Crippen LogP contribution in [0.2, 0.25) is 0 Å². The summed E-state index contributed by atoms with van der Waals surface area (Å²) < 4.78 is 6.14. The van der Waals surface area contributed by atoms with Crippen LogP contribution in [0, 0.1) is 6.92 Å². The summed E-state index contributed by atoms with van der Waals surface area (Å²) >= 11 is 0. The van der Waals surface area contributed by atoms with Gasteiger partial charge in [0.15, 0.2) is 17.5 Å². The zero-order valence-electron chi connectivity index (χ0n) is 19.8. The van der Waals surface area contributed by atoms with Crippen molar-refractivity contribution in [2.75, 3.05) is 0 Å². The Morgan fingerprint density at radius 3 is 1.70 bits per heavy atom. The molecular formula is C29H22N4O4. The zero-order valence-corrected chi connectivity index (χ0v) is 19.8. The van der Waals surface area contributed by atoms with Gasteiger partial charge in [-0.2, -0.15) is 0 Å². The molecule has 8 nitrogen and oxygen atoms in total. The average molecular weight is 491 g/mol. The van der Waals surface area contributed by atoms with Crippen LogP contribution in [0.15, 0.2) is 91.0 Å². The van der Waals surface area contributed by atoms with Crippen molar-refractivity contribution in [3.63, 3.8) is 0 Å². The fourth-order valence-electron chi connectivity index (χ4n) is 3.89. The first-order valence-electron chi connectivity index (χ1n) is 11.4. The quantitative estimate of drug-likeness (QED) is 0.287. The topological polar surface area (TPSA) is 131 Å². The van der Waals surface area contributed by atoms with Crippen LogP contribution in [0.3, 0.4) is 0 Å². The second-order valence-electron chi connectivity index (χ2n) is 8.28. The number of rotatable bonds is 6. The Morgan fingerprint density at radius 1 is 0.703 bits per heavy atom. The lowest BCUT2D eigenvalue weighted by Crippen LogP contribution is -2.13. The molecule has 0 aliphatic carbocycles. The van der Waals surface area contributed by atoms with Gasteiger partial charge >= 0.3 is 0 Å². The maximum absolute atomic E-state index is 12.1. The normalized spacial score (nSPS) is 10.7. The van der Waals surface area contributed by atoms with Crippen LogP contribution >= 0.6 is 0 Å². The summed E-state index contributed by atoms with van der Waals surface area (Å²) in [6, 6.07) is 25.7. The van der Waals surface area contributed by atoms with Gasteiger partial charge in [-0.3, -0.25) is 4.79 Å². The highest BCUT2D eigenvalue weighted by atomic mass is 16.5. The monoisotopic (exact) mass is 490 g/mol. The number of carbonyl (C=O) groups excluding carboxylic acids is 1. The zero-order chi connectivity index (χ0) is 25.9. The van der Waals surface area contributed by atoms with E-state index in [9.17, 15) is 15.0 Å². The van der Waals surface area contributed by atoms with E-state index in [-0.39, 0.29) is 29.0 Å². The van der Waals surface area contributed by atoms with Gasteiger partial charge in [0.05, 0.1) is 16.7 Å². The minimum absolute atomic E-state index is 0.0103. The van der Waals surface area contributed by atoms with E-state index in [4.69, 9.17) is 10.5 Å². The molecule has 8 heteroatoms. The van der Waals surface area contributed by atoms with E-state index < -0.39 is 5.91 Å². The molecular weight excluding hydrogens is 468 g/mol. The molecule has 0 fully saturated rings. The van der Waals surface area contributed by atoms with Gasteiger partial charge in [0.1, 0.15) is 23.0 Å². The fourth-order valence-corrected chi connectivity index (χ4v) is 3.89. The third kappa shape index (κ3) is 4.81. The number of hydrogen-bond acceptors (Lipinski definition) is 7. The SMILES string of the molecule is Cc1cc(-c2nc(-c3ccccc3O)nc(-c3ccccc3O)n2)c(Oc2ccccc2)cc1C(N)=O. The summed E-state index contributed by atoms with van der Waals surface area (Å²) in [4.78, 5) is 25.9. The highest BCUT2D eigenvalue weighted by Crippen LogP contribution is 2.37. The molecule has 0 atom stereocenters. The van der Waals surface area contributed by atoms with Gasteiger partial charge < -0.3 is 20.7 Å². The number of carbonyl (C=O) groups is 1. The maximum Gasteiger partial charge on any atom is 0.249 e. The number of aryl methyl sites for hydroxylation is 1. The Balaban J connectivity index is 1.77. The number of amides is 1. The largest absolute Gasteiger partial charge is 0.507 e. The van der Waals surface area contributed by atoms with Crippen LogP contribution in [0.5, 0.6) is 23.0 Å². The summed E-state index contributed by atoms with van der Waals surface area (Å²) in [7, 11) is 0. The highest BCUT2D eigenvalue weighted by molar-refractivity contribution is 5.96. The summed E-state index contributed by atoms with van der Waals surface area (Å²) in [6.07, 6.45) is 0. The third-order valence-corrected chi connectivity index (χ3v) is 5.73. The van der Waals surface area contributed by atoms with E-state index in [1.54, 1.807) is 67.6 Å². The number of nitrogens with two attached hydrogens (primary N) is 1. The number of benzene rings is 4. The van der Waals surface area contributed by atoms with Crippen molar-refractivity contribution in [2.24, 2.45) is 5.73 Å². The van der Waals surface area contributed by atoms with Crippen LogP contribution < -0.4 is 10.5 Å². The van der Waals surface area contributed by atoms with Crippen LogP contribution in [0.25, 0.3) is 34.2 Å². The molecule has 0 spiro atoms. The Kier molecular flexibility index (Phi) is 6.22. The van der Waals surface area contributed by atoms with Gasteiger partial charge in [-0.1, -0.05) is 42.5 Å². The second-order valence-corrected chi connectivity index (χ2v) is 8.28. The second kappa shape index (κ2) is 9.79. The molecule has 1 aromatic heterocycles. The molecule has 5 aromatic rings. The van der Waals surface area contributed by atoms with Gasteiger partial charge in [-0.25, -0.2) is 15.0 Å². The maximum atomic E-state index is 12.1. The molecule has 1 heterocycles. The van der Waals surface area contributed by atoms with E-state index in [1.165, 1.54) is 12.1 Å². The van der Waals surface area contributed by atoms with Crippen molar-refractivity contribution < 1.29 is 19.7 Å². The molecule has 5 rings (SSSR count). The molecule has 0 bridgehead atoms. The molecule has 0 aliphatic heterocycles. The lowest BCUT2D eigenvalue weighted by atomic mass is 10.0. The van der Waals surface area contributed by atoms with Crippen molar-refractivity contribution in [1.82, 2.24) is 15.0 Å². The number of hydrogen-bond donors (Lipinski definition) is 3. The molecule has 0 saturated heterocycles. The first-order chi connectivity index (χ1) is 17.9. The Morgan fingerprint density at radius 2 is 1.19 bits per heavy atom. The first kappa shape index (κ1) is 23.5. The molecule has 1 amide bonds.